The molecule has 4 heteroatoms. The zero-order valence-electron chi connectivity index (χ0n) is 7.41. The van der Waals surface area contributed by atoms with Crippen LogP contribution < -0.4 is 5.73 Å². The molecule has 68 valence electrons. The fraction of sp³-hybridized carbons (Fsp3) is 0.625. The fourth-order valence-corrected chi connectivity index (χ4v) is 1.35. The van der Waals surface area contributed by atoms with Gasteiger partial charge in [-0.1, -0.05) is 0 Å². The Balaban J connectivity index is 2.67. The number of hydrogen-bond donors (Lipinski definition) is 1. The van der Waals surface area contributed by atoms with Crippen molar-refractivity contribution in [1.29, 1.82) is 0 Å². The number of nitrogens with zero attached hydrogens (tertiary/aromatic N) is 1. The van der Waals surface area contributed by atoms with Gasteiger partial charge in [-0.25, -0.2) is 0 Å². The van der Waals surface area contributed by atoms with Gasteiger partial charge in [-0.2, -0.15) is 0 Å². The summed E-state index contributed by atoms with van der Waals surface area (Å²) >= 11 is 0. The van der Waals surface area contributed by atoms with Crippen molar-refractivity contribution in [3.05, 3.63) is 11.8 Å². The first-order valence-electron chi connectivity index (χ1n) is 3.90. The maximum atomic E-state index is 10.8. The molecule has 12 heavy (non-hydrogen) atoms. The fourth-order valence-electron chi connectivity index (χ4n) is 1.35. The number of carbonyl (C=O) groups is 1. The van der Waals surface area contributed by atoms with Crippen molar-refractivity contribution in [2.75, 3.05) is 14.2 Å². The normalized spacial score (nSPS) is 23.7. The van der Waals surface area contributed by atoms with E-state index in [1.165, 1.54) is 0 Å². The number of hydrogen-bond acceptors (Lipinski definition) is 3. The Kier molecular flexibility index (Phi) is 2.70. The molecule has 1 aliphatic rings. The van der Waals surface area contributed by atoms with Gasteiger partial charge in [-0.3, -0.25) is 4.79 Å². The second-order valence-electron chi connectivity index (χ2n) is 2.91. The van der Waals surface area contributed by atoms with E-state index in [4.69, 9.17) is 10.5 Å². The van der Waals surface area contributed by atoms with Crippen molar-refractivity contribution in [3.63, 3.8) is 0 Å². The molecule has 0 radical (unpaired) electrons. The van der Waals surface area contributed by atoms with Crippen LogP contribution in [0.4, 0.5) is 0 Å². The van der Waals surface area contributed by atoms with E-state index in [9.17, 15) is 4.79 Å². The van der Waals surface area contributed by atoms with Crippen molar-refractivity contribution in [2.24, 2.45) is 5.73 Å². The van der Waals surface area contributed by atoms with Crippen LogP contribution in [0.2, 0.25) is 0 Å². The molecule has 0 aromatic carbocycles. The highest BCUT2D eigenvalue weighted by Gasteiger charge is 2.19. The highest BCUT2D eigenvalue weighted by Crippen LogP contribution is 2.18. The molecule has 0 saturated carbocycles. The van der Waals surface area contributed by atoms with Crippen LogP contribution in [0.5, 0.6) is 0 Å². The molecule has 1 atom stereocenters. The van der Waals surface area contributed by atoms with Crippen LogP contribution in [0.1, 0.15) is 12.8 Å². The van der Waals surface area contributed by atoms with Crippen LogP contribution in [-0.4, -0.2) is 31.2 Å². The Morgan fingerprint density at radius 3 is 2.92 bits per heavy atom. The minimum atomic E-state index is -0.337. The van der Waals surface area contributed by atoms with E-state index in [0.717, 1.165) is 6.42 Å². The molecule has 0 aliphatic carbocycles. The molecular weight excluding hydrogens is 156 g/mol. The smallest absolute Gasteiger partial charge is 0.246 e. The number of ether oxygens (including phenoxy) is 1. The highest BCUT2D eigenvalue weighted by atomic mass is 16.5. The summed E-state index contributed by atoms with van der Waals surface area (Å²) in [5, 5.41) is 0. The zero-order chi connectivity index (χ0) is 9.14. The van der Waals surface area contributed by atoms with Crippen molar-refractivity contribution >= 4 is 5.91 Å². The maximum Gasteiger partial charge on any atom is 0.246 e. The lowest BCUT2D eigenvalue weighted by atomic mass is 10.1. The van der Waals surface area contributed by atoms with Gasteiger partial charge in [0.25, 0.3) is 0 Å². The summed E-state index contributed by atoms with van der Waals surface area (Å²) in [7, 11) is 3.53. The van der Waals surface area contributed by atoms with Crippen LogP contribution >= 0.6 is 0 Å². The van der Waals surface area contributed by atoms with Gasteiger partial charge in [0.15, 0.2) is 0 Å². The molecule has 0 bridgehead atoms. The third kappa shape index (κ3) is 1.76. The Hall–Kier alpha value is -1.03. The lowest BCUT2D eigenvalue weighted by Gasteiger charge is -2.30. The zero-order valence-corrected chi connectivity index (χ0v) is 7.41. The molecule has 1 unspecified atom stereocenters. The van der Waals surface area contributed by atoms with Gasteiger partial charge in [-0.05, 0) is 12.8 Å². The highest BCUT2D eigenvalue weighted by molar-refractivity contribution is 5.91. The van der Waals surface area contributed by atoms with Crippen molar-refractivity contribution in [1.82, 2.24) is 4.90 Å². The van der Waals surface area contributed by atoms with E-state index >= 15 is 0 Å². The van der Waals surface area contributed by atoms with Gasteiger partial charge in [0.1, 0.15) is 6.23 Å². The molecule has 1 amide bonds. The minimum Gasteiger partial charge on any atom is -0.366 e. The second-order valence-corrected chi connectivity index (χ2v) is 2.91. The minimum absolute atomic E-state index is 0.0769. The topological polar surface area (TPSA) is 55.6 Å². The van der Waals surface area contributed by atoms with E-state index in [1.54, 1.807) is 13.3 Å². The molecule has 0 saturated heterocycles. The van der Waals surface area contributed by atoms with E-state index < -0.39 is 0 Å². The number of carbonyl (C=O) groups excluding carboxylic acids is 1. The second kappa shape index (κ2) is 3.58. The number of amides is 1. The predicted octanol–water partition coefficient (Wildman–Crippen LogP) is 0.0537. The van der Waals surface area contributed by atoms with Gasteiger partial charge in [0, 0.05) is 25.9 Å². The van der Waals surface area contributed by atoms with Crippen molar-refractivity contribution in [3.8, 4) is 0 Å². The van der Waals surface area contributed by atoms with Gasteiger partial charge in [0.2, 0.25) is 5.91 Å². The summed E-state index contributed by atoms with van der Waals surface area (Å²) in [6.07, 6.45) is 3.35. The monoisotopic (exact) mass is 170 g/mol. The molecule has 4 nitrogen and oxygen atoms in total. The van der Waals surface area contributed by atoms with Crippen LogP contribution in [0.25, 0.3) is 0 Å². The Labute approximate surface area is 72.0 Å². The average Bonchev–Trinajstić information content (AvgIpc) is 2.04. The lowest BCUT2D eigenvalue weighted by Crippen LogP contribution is -2.34. The van der Waals surface area contributed by atoms with E-state index in [1.807, 2.05) is 11.9 Å². The van der Waals surface area contributed by atoms with E-state index in [0.29, 0.717) is 12.0 Å². The SMILES string of the molecule is COC1CCC(C(N)=O)=CN1C. The molecule has 0 spiro atoms. The molecule has 0 fully saturated rings. The quantitative estimate of drug-likeness (QED) is 0.637. The van der Waals surface area contributed by atoms with Crippen LogP contribution in [0, 0.1) is 0 Å². The summed E-state index contributed by atoms with van der Waals surface area (Å²) < 4.78 is 5.16. The molecule has 0 aromatic rings. The number of primary amides is 1. The third-order valence-corrected chi connectivity index (χ3v) is 2.06. The Bertz CT molecular complexity index is 213. The van der Waals surface area contributed by atoms with Crippen LogP contribution in [0.3, 0.4) is 0 Å². The molecule has 1 aliphatic heterocycles. The standard InChI is InChI=1S/C8H14N2O2/c1-10-5-6(8(9)11)3-4-7(10)12-2/h5,7H,3-4H2,1-2H3,(H2,9,11). The molecular formula is C8H14N2O2. The summed E-state index contributed by atoms with van der Waals surface area (Å²) in [5.41, 5.74) is 5.81. The summed E-state index contributed by atoms with van der Waals surface area (Å²) in [6, 6.07) is 0. The Morgan fingerprint density at radius 1 is 1.83 bits per heavy atom. The van der Waals surface area contributed by atoms with E-state index in [2.05, 4.69) is 0 Å². The molecule has 0 aromatic heterocycles. The Morgan fingerprint density at radius 2 is 2.50 bits per heavy atom. The van der Waals surface area contributed by atoms with E-state index in [-0.39, 0.29) is 12.1 Å². The van der Waals surface area contributed by atoms with Crippen LogP contribution in [-0.2, 0) is 9.53 Å². The molecule has 1 rings (SSSR count). The summed E-state index contributed by atoms with van der Waals surface area (Å²) in [4.78, 5) is 12.6. The summed E-state index contributed by atoms with van der Waals surface area (Å²) in [5.74, 6) is -0.337. The van der Waals surface area contributed by atoms with Crippen molar-refractivity contribution < 1.29 is 9.53 Å². The molecule has 1 heterocycles. The van der Waals surface area contributed by atoms with Crippen molar-refractivity contribution in [2.45, 2.75) is 19.1 Å². The van der Waals surface area contributed by atoms with Crippen LogP contribution in [0.15, 0.2) is 11.8 Å². The predicted molar refractivity (Wildman–Crippen MR) is 45.1 cm³/mol. The van der Waals surface area contributed by atoms with Gasteiger partial charge in [0.05, 0.1) is 0 Å². The molecule has 2 N–H and O–H groups in total. The number of methoxy groups -OCH3 is 1. The summed E-state index contributed by atoms with van der Waals surface area (Å²) in [6.45, 7) is 0. The van der Waals surface area contributed by atoms with Gasteiger partial charge >= 0.3 is 0 Å². The number of nitrogens with two attached hydrogens (primary N) is 1. The largest absolute Gasteiger partial charge is 0.366 e. The third-order valence-electron chi connectivity index (χ3n) is 2.06. The maximum absolute atomic E-state index is 10.8. The first kappa shape index (κ1) is 9.06. The number of rotatable bonds is 2. The first-order valence-corrected chi connectivity index (χ1v) is 3.90. The first-order chi connectivity index (χ1) is 5.65. The lowest BCUT2D eigenvalue weighted by molar-refractivity contribution is -0.115. The van der Waals surface area contributed by atoms with Gasteiger partial charge < -0.3 is 15.4 Å². The average molecular weight is 170 g/mol. The van der Waals surface area contributed by atoms with Gasteiger partial charge in [-0.15, -0.1) is 0 Å².